The highest BCUT2D eigenvalue weighted by Crippen LogP contribution is 2.11. The number of hydrogen-bond donors (Lipinski definition) is 1. The van der Waals surface area contributed by atoms with Crippen LogP contribution < -0.4 is 5.32 Å². The Kier molecular flexibility index (Phi) is 5.52. The first-order valence-electron chi connectivity index (χ1n) is 8.01. The van der Waals surface area contributed by atoms with Crippen LogP contribution in [0.1, 0.15) is 23.2 Å². The molecule has 3 aromatic rings. The molecule has 0 bridgehead atoms. The third-order valence-corrected chi connectivity index (χ3v) is 3.51. The van der Waals surface area contributed by atoms with E-state index in [2.05, 4.69) is 27.1 Å². The van der Waals surface area contributed by atoms with Crippen molar-refractivity contribution in [2.24, 2.45) is 0 Å². The molecule has 4 heteroatoms. The fourth-order valence-electron chi connectivity index (χ4n) is 2.27. The Hall–Kier alpha value is -3.45. The number of carbonyl (C=O) groups excluding carboxylic acids is 1. The summed E-state index contributed by atoms with van der Waals surface area (Å²) in [6.07, 6.45) is 6.29. The molecular formula is C21H17N3O. The van der Waals surface area contributed by atoms with Crippen LogP contribution in [0, 0.1) is 11.8 Å². The zero-order valence-corrected chi connectivity index (χ0v) is 13.6. The predicted octanol–water partition coefficient (Wildman–Crippen LogP) is 3.45. The van der Waals surface area contributed by atoms with Gasteiger partial charge in [-0.05, 0) is 54.3 Å². The lowest BCUT2D eigenvalue weighted by molar-refractivity contribution is -0.116. The zero-order chi connectivity index (χ0) is 17.3. The molecule has 4 nitrogen and oxygen atoms in total. The molecule has 0 aliphatic heterocycles. The lowest BCUT2D eigenvalue weighted by atomic mass is 10.1. The zero-order valence-electron chi connectivity index (χ0n) is 13.6. The Bertz CT molecular complexity index is 896. The average molecular weight is 327 g/mol. The largest absolute Gasteiger partial charge is 0.326 e. The summed E-state index contributed by atoms with van der Waals surface area (Å²) in [5, 5.41) is 2.91. The van der Waals surface area contributed by atoms with Gasteiger partial charge >= 0.3 is 0 Å². The van der Waals surface area contributed by atoms with Crippen molar-refractivity contribution < 1.29 is 4.79 Å². The van der Waals surface area contributed by atoms with Gasteiger partial charge in [0.15, 0.2) is 0 Å². The molecular weight excluding hydrogens is 310 g/mol. The van der Waals surface area contributed by atoms with E-state index >= 15 is 0 Å². The molecule has 0 atom stereocenters. The Morgan fingerprint density at radius 3 is 2.76 bits per heavy atom. The number of hydrogen-bond acceptors (Lipinski definition) is 3. The summed E-state index contributed by atoms with van der Waals surface area (Å²) >= 11 is 0. The van der Waals surface area contributed by atoms with Gasteiger partial charge in [0, 0.05) is 36.3 Å². The van der Waals surface area contributed by atoms with Crippen molar-refractivity contribution in [2.45, 2.75) is 12.8 Å². The van der Waals surface area contributed by atoms with Gasteiger partial charge in [0.25, 0.3) is 0 Å². The number of aromatic nitrogens is 2. The second-order valence-corrected chi connectivity index (χ2v) is 5.46. The number of nitrogens with zero attached hydrogens (tertiary/aromatic N) is 2. The van der Waals surface area contributed by atoms with E-state index in [0.29, 0.717) is 18.5 Å². The molecule has 0 aliphatic carbocycles. The maximum Gasteiger partial charge on any atom is 0.224 e. The molecule has 1 N–H and O–H groups in total. The van der Waals surface area contributed by atoms with Gasteiger partial charge in [0.2, 0.25) is 5.91 Å². The van der Waals surface area contributed by atoms with Gasteiger partial charge < -0.3 is 5.32 Å². The molecule has 1 amide bonds. The van der Waals surface area contributed by atoms with Crippen LogP contribution in [0.5, 0.6) is 0 Å². The first-order valence-corrected chi connectivity index (χ1v) is 8.01. The predicted molar refractivity (Wildman–Crippen MR) is 97.8 cm³/mol. The van der Waals surface area contributed by atoms with E-state index in [0.717, 1.165) is 16.8 Å². The Balaban J connectivity index is 1.60. The summed E-state index contributed by atoms with van der Waals surface area (Å²) in [6, 6.07) is 16.9. The maximum atomic E-state index is 12.1. The van der Waals surface area contributed by atoms with Crippen LogP contribution in [0.2, 0.25) is 0 Å². The van der Waals surface area contributed by atoms with Crippen LogP contribution in [0.15, 0.2) is 73.2 Å². The van der Waals surface area contributed by atoms with Gasteiger partial charge in [-0.25, -0.2) is 4.98 Å². The van der Waals surface area contributed by atoms with Crippen LogP contribution in [0.4, 0.5) is 5.69 Å². The van der Waals surface area contributed by atoms with Crippen LogP contribution in [-0.2, 0) is 11.2 Å². The number of nitrogens with one attached hydrogen (secondary N) is 1. The number of rotatable bonds is 4. The summed E-state index contributed by atoms with van der Waals surface area (Å²) in [5.41, 5.74) is 3.33. The number of carbonyl (C=O) groups is 1. The monoisotopic (exact) mass is 327 g/mol. The maximum absolute atomic E-state index is 12.1. The lowest BCUT2D eigenvalue weighted by Gasteiger charge is -2.05. The van der Waals surface area contributed by atoms with Gasteiger partial charge in [-0.15, -0.1) is 0 Å². The fourth-order valence-corrected chi connectivity index (χ4v) is 2.27. The van der Waals surface area contributed by atoms with Gasteiger partial charge in [-0.1, -0.05) is 24.1 Å². The summed E-state index contributed by atoms with van der Waals surface area (Å²) in [4.78, 5) is 20.3. The third kappa shape index (κ3) is 5.29. The molecule has 2 aromatic heterocycles. The minimum atomic E-state index is -0.0290. The highest BCUT2D eigenvalue weighted by Gasteiger charge is 2.03. The SMILES string of the molecule is O=C(CCc1cccnc1)Nc1cccc(C#Cc2ccccn2)c1. The molecule has 0 fully saturated rings. The molecule has 2 heterocycles. The summed E-state index contributed by atoms with van der Waals surface area (Å²) in [6.45, 7) is 0. The summed E-state index contributed by atoms with van der Waals surface area (Å²) < 4.78 is 0. The van der Waals surface area contributed by atoms with Gasteiger partial charge in [-0.2, -0.15) is 0 Å². The molecule has 0 saturated heterocycles. The minimum Gasteiger partial charge on any atom is -0.326 e. The van der Waals surface area contributed by atoms with Gasteiger partial charge in [-0.3, -0.25) is 9.78 Å². The molecule has 3 rings (SSSR count). The van der Waals surface area contributed by atoms with E-state index in [1.807, 2.05) is 54.6 Å². The lowest BCUT2D eigenvalue weighted by Crippen LogP contribution is -2.12. The number of amides is 1. The standard InChI is InChI=1S/C21H17N3O/c25-21(12-10-18-6-4-13-22-16-18)24-20-8-3-5-17(15-20)9-11-19-7-1-2-14-23-19/h1-8,13-16H,10,12H2,(H,24,25). The van der Waals surface area contributed by atoms with Crippen molar-refractivity contribution in [3.8, 4) is 11.8 Å². The Labute approximate surface area is 147 Å². The second-order valence-electron chi connectivity index (χ2n) is 5.46. The normalized spacial score (nSPS) is 9.76. The fraction of sp³-hybridized carbons (Fsp3) is 0.0952. The average Bonchev–Trinajstić information content (AvgIpc) is 2.67. The molecule has 1 aromatic carbocycles. The van der Waals surface area contributed by atoms with E-state index < -0.39 is 0 Å². The quantitative estimate of drug-likeness (QED) is 0.747. The van der Waals surface area contributed by atoms with E-state index in [-0.39, 0.29) is 5.91 Å². The van der Waals surface area contributed by atoms with Crippen LogP contribution in [-0.4, -0.2) is 15.9 Å². The van der Waals surface area contributed by atoms with E-state index in [1.54, 1.807) is 18.6 Å². The van der Waals surface area contributed by atoms with Crippen LogP contribution in [0.25, 0.3) is 0 Å². The molecule has 0 spiro atoms. The Morgan fingerprint density at radius 1 is 1.00 bits per heavy atom. The minimum absolute atomic E-state index is 0.0290. The molecule has 122 valence electrons. The number of aryl methyl sites for hydroxylation is 1. The molecule has 25 heavy (non-hydrogen) atoms. The van der Waals surface area contributed by atoms with E-state index in [9.17, 15) is 4.79 Å². The smallest absolute Gasteiger partial charge is 0.224 e. The van der Waals surface area contributed by atoms with Crippen molar-refractivity contribution in [3.05, 3.63) is 90.0 Å². The molecule has 0 aliphatic rings. The van der Waals surface area contributed by atoms with Crippen LogP contribution >= 0.6 is 0 Å². The molecule has 0 radical (unpaired) electrons. The van der Waals surface area contributed by atoms with Crippen LogP contribution in [0.3, 0.4) is 0 Å². The third-order valence-electron chi connectivity index (χ3n) is 3.51. The number of pyridine rings is 2. The number of anilines is 1. The Morgan fingerprint density at radius 2 is 1.96 bits per heavy atom. The number of benzene rings is 1. The van der Waals surface area contributed by atoms with E-state index in [4.69, 9.17) is 0 Å². The summed E-state index contributed by atoms with van der Waals surface area (Å²) in [7, 11) is 0. The van der Waals surface area contributed by atoms with Gasteiger partial charge in [0.1, 0.15) is 5.69 Å². The summed E-state index contributed by atoms with van der Waals surface area (Å²) in [5.74, 6) is 6.04. The van der Waals surface area contributed by atoms with Gasteiger partial charge in [0.05, 0.1) is 0 Å². The first kappa shape index (κ1) is 16.4. The van der Waals surface area contributed by atoms with Crippen molar-refractivity contribution in [2.75, 3.05) is 5.32 Å². The van der Waals surface area contributed by atoms with Crippen molar-refractivity contribution in [1.29, 1.82) is 0 Å². The van der Waals surface area contributed by atoms with E-state index in [1.165, 1.54) is 0 Å². The van der Waals surface area contributed by atoms with Crippen molar-refractivity contribution in [1.82, 2.24) is 9.97 Å². The molecule has 0 saturated carbocycles. The first-order chi connectivity index (χ1) is 12.3. The van der Waals surface area contributed by atoms with Crippen molar-refractivity contribution >= 4 is 11.6 Å². The van der Waals surface area contributed by atoms with Crippen molar-refractivity contribution in [3.63, 3.8) is 0 Å². The highest BCUT2D eigenvalue weighted by molar-refractivity contribution is 5.91. The highest BCUT2D eigenvalue weighted by atomic mass is 16.1. The second kappa shape index (κ2) is 8.42. The molecule has 0 unspecified atom stereocenters. The topological polar surface area (TPSA) is 54.9 Å².